The minimum absolute atomic E-state index is 0.236. The Morgan fingerprint density at radius 3 is 1.74 bits per heavy atom. The van der Waals surface area contributed by atoms with Gasteiger partial charge in [-0.25, -0.2) is 0 Å². The lowest BCUT2D eigenvalue weighted by molar-refractivity contribution is 0.900. The van der Waals surface area contributed by atoms with Gasteiger partial charge >= 0.3 is 0 Å². The summed E-state index contributed by atoms with van der Waals surface area (Å²) in [6, 6.07) is 31.6. The molecule has 2 unspecified atom stereocenters. The van der Waals surface area contributed by atoms with Crippen molar-refractivity contribution in [3.8, 4) is 0 Å². The SMILES string of the molecule is Cc1ccc(P(CCCCP(C2=CCCC=C2)c2ccccc2)c2ccccc2)cc1. The van der Waals surface area contributed by atoms with E-state index in [1.54, 1.807) is 5.31 Å². The maximum absolute atomic E-state index is 2.49. The summed E-state index contributed by atoms with van der Waals surface area (Å²) in [4.78, 5) is 0. The molecule has 0 saturated heterocycles. The van der Waals surface area contributed by atoms with E-state index in [9.17, 15) is 0 Å². The van der Waals surface area contributed by atoms with E-state index in [1.807, 2.05) is 0 Å². The number of rotatable bonds is 9. The number of allylic oxidation sites excluding steroid dienone is 4. The van der Waals surface area contributed by atoms with Gasteiger partial charge in [-0.05, 0) is 82.0 Å². The van der Waals surface area contributed by atoms with Crippen molar-refractivity contribution in [1.82, 2.24) is 0 Å². The third kappa shape index (κ3) is 6.26. The molecule has 0 spiro atoms. The number of hydrogen-bond donors (Lipinski definition) is 0. The predicted octanol–water partition coefficient (Wildman–Crippen LogP) is 7.25. The first-order valence-corrected chi connectivity index (χ1v) is 14.5. The zero-order chi connectivity index (χ0) is 21.3. The average molecular weight is 443 g/mol. The summed E-state index contributed by atoms with van der Waals surface area (Å²) >= 11 is 0. The third-order valence-corrected chi connectivity index (χ3v) is 11.0. The molecule has 1 aliphatic carbocycles. The molecule has 4 rings (SSSR count). The molecule has 0 bridgehead atoms. The van der Waals surface area contributed by atoms with Crippen LogP contribution in [0.3, 0.4) is 0 Å². The fourth-order valence-electron chi connectivity index (χ4n) is 4.09. The zero-order valence-corrected chi connectivity index (χ0v) is 20.2. The van der Waals surface area contributed by atoms with Crippen LogP contribution in [-0.4, -0.2) is 12.3 Å². The summed E-state index contributed by atoms with van der Waals surface area (Å²) < 4.78 is 0. The highest BCUT2D eigenvalue weighted by Crippen LogP contribution is 2.47. The number of aryl methyl sites for hydroxylation is 1. The summed E-state index contributed by atoms with van der Waals surface area (Å²) in [5, 5.41) is 6.12. The highest BCUT2D eigenvalue weighted by Gasteiger charge is 2.17. The van der Waals surface area contributed by atoms with Crippen molar-refractivity contribution in [1.29, 1.82) is 0 Å². The summed E-state index contributed by atoms with van der Waals surface area (Å²) in [6.07, 6.45) is 14.8. The lowest BCUT2D eigenvalue weighted by Crippen LogP contribution is -2.14. The molecule has 158 valence electrons. The maximum Gasteiger partial charge on any atom is -0.0195 e. The van der Waals surface area contributed by atoms with Gasteiger partial charge in [-0.3, -0.25) is 0 Å². The van der Waals surface area contributed by atoms with Gasteiger partial charge in [-0.15, -0.1) is 0 Å². The van der Waals surface area contributed by atoms with Crippen LogP contribution in [-0.2, 0) is 0 Å². The molecular weight excluding hydrogens is 410 g/mol. The second kappa shape index (κ2) is 11.6. The zero-order valence-electron chi connectivity index (χ0n) is 18.5. The second-order valence-corrected chi connectivity index (χ2v) is 12.8. The lowest BCUT2D eigenvalue weighted by Gasteiger charge is -2.23. The van der Waals surface area contributed by atoms with Gasteiger partial charge in [0.25, 0.3) is 0 Å². The van der Waals surface area contributed by atoms with Gasteiger partial charge in [0.15, 0.2) is 0 Å². The molecule has 31 heavy (non-hydrogen) atoms. The Morgan fingerprint density at radius 1 is 0.613 bits per heavy atom. The van der Waals surface area contributed by atoms with Crippen molar-refractivity contribution in [2.24, 2.45) is 0 Å². The first-order valence-electron chi connectivity index (χ1n) is 11.4. The Hall–Kier alpha value is -2.00. The summed E-state index contributed by atoms with van der Waals surface area (Å²) in [6.45, 7) is 2.18. The number of hydrogen-bond acceptors (Lipinski definition) is 0. The quantitative estimate of drug-likeness (QED) is 0.242. The summed E-state index contributed by atoms with van der Waals surface area (Å²) in [7, 11) is -0.520. The molecule has 0 amide bonds. The van der Waals surface area contributed by atoms with E-state index in [-0.39, 0.29) is 15.8 Å². The lowest BCUT2D eigenvalue weighted by atomic mass is 10.2. The van der Waals surface area contributed by atoms with Crippen molar-refractivity contribution in [2.75, 3.05) is 12.3 Å². The Morgan fingerprint density at radius 2 is 1.16 bits per heavy atom. The molecule has 0 aromatic heterocycles. The van der Waals surface area contributed by atoms with Crippen LogP contribution in [0.25, 0.3) is 0 Å². The Balaban J connectivity index is 1.44. The minimum atomic E-state index is -0.284. The third-order valence-electron chi connectivity index (χ3n) is 5.78. The molecule has 3 aromatic carbocycles. The van der Waals surface area contributed by atoms with E-state index in [2.05, 4.69) is 110 Å². The molecular formula is C29H32P2. The van der Waals surface area contributed by atoms with E-state index < -0.39 is 0 Å². The topological polar surface area (TPSA) is 0 Å². The minimum Gasteiger partial charge on any atom is -0.0836 e. The van der Waals surface area contributed by atoms with Crippen LogP contribution in [0.15, 0.2) is 108 Å². The van der Waals surface area contributed by atoms with Gasteiger partial charge in [0.2, 0.25) is 0 Å². The first kappa shape index (κ1) is 22.2. The molecule has 0 radical (unpaired) electrons. The van der Waals surface area contributed by atoms with Crippen LogP contribution in [0.5, 0.6) is 0 Å². The van der Waals surface area contributed by atoms with Crippen LogP contribution in [0.1, 0.15) is 31.2 Å². The summed E-state index contributed by atoms with van der Waals surface area (Å²) in [5.41, 5.74) is 1.34. The number of benzene rings is 3. The molecule has 3 aromatic rings. The van der Waals surface area contributed by atoms with Gasteiger partial charge in [0.1, 0.15) is 0 Å². The van der Waals surface area contributed by atoms with Crippen LogP contribution < -0.4 is 15.9 Å². The van der Waals surface area contributed by atoms with Crippen molar-refractivity contribution in [2.45, 2.75) is 32.6 Å². The fourth-order valence-corrected chi connectivity index (χ4v) is 9.01. The molecule has 0 aliphatic heterocycles. The molecule has 0 saturated carbocycles. The van der Waals surface area contributed by atoms with Crippen molar-refractivity contribution in [3.05, 3.63) is 114 Å². The summed E-state index contributed by atoms with van der Waals surface area (Å²) in [5.74, 6) is 0. The molecule has 2 heteroatoms. The first-order chi connectivity index (χ1) is 15.3. The maximum atomic E-state index is 2.49. The van der Waals surface area contributed by atoms with Crippen LogP contribution >= 0.6 is 15.8 Å². The van der Waals surface area contributed by atoms with Crippen molar-refractivity contribution >= 4 is 31.8 Å². The molecule has 0 N–H and O–H groups in total. The molecule has 1 aliphatic rings. The van der Waals surface area contributed by atoms with Gasteiger partial charge < -0.3 is 0 Å². The largest absolute Gasteiger partial charge is 0.0836 e. The van der Waals surface area contributed by atoms with Crippen molar-refractivity contribution < 1.29 is 0 Å². The fraction of sp³-hybridized carbons (Fsp3) is 0.241. The molecule has 0 nitrogen and oxygen atoms in total. The predicted molar refractivity (Wildman–Crippen MR) is 142 cm³/mol. The van der Waals surface area contributed by atoms with Crippen LogP contribution in [0, 0.1) is 6.92 Å². The van der Waals surface area contributed by atoms with Gasteiger partial charge in [-0.2, -0.15) is 0 Å². The Bertz CT molecular complexity index is 988. The normalized spacial score (nSPS) is 15.3. The van der Waals surface area contributed by atoms with Crippen LogP contribution in [0.4, 0.5) is 0 Å². The number of unbranched alkanes of at least 4 members (excludes halogenated alkanes) is 1. The van der Waals surface area contributed by atoms with Gasteiger partial charge in [-0.1, -0.05) is 109 Å². The van der Waals surface area contributed by atoms with E-state index >= 15 is 0 Å². The van der Waals surface area contributed by atoms with Crippen molar-refractivity contribution in [3.63, 3.8) is 0 Å². The van der Waals surface area contributed by atoms with E-state index in [4.69, 9.17) is 0 Å². The molecule has 0 fully saturated rings. The highest BCUT2D eigenvalue weighted by molar-refractivity contribution is 7.73. The second-order valence-electron chi connectivity index (χ2n) is 8.13. The van der Waals surface area contributed by atoms with E-state index in [0.717, 1.165) is 0 Å². The molecule has 0 heterocycles. The Labute approximate surface area is 190 Å². The monoisotopic (exact) mass is 442 g/mol. The molecule has 2 atom stereocenters. The van der Waals surface area contributed by atoms with Gasteiger partial charge in [0.05, 0.1) is 0 Å². The van der Waals surface area contributed by atoms with E-state index in [1.165, 1.54) is 59.5 Å². The van der Waals surface area contributed by atoms with E-state index in [0.29, 0.717) is 0 Å². The van der Waals surface area contributed by atoms with Gasteiger partial charge in [0, 0.05) is 0 Å². The highest BCUT2D eigenvalue weighted by atomic mass is 31.1. The standard InChI is InChI=1S/C29H32P2/c1-25-19-21-29(22-20-25)31(28-17-9-4-10-18-28)24-12-11-23-30(26-13-5-2-6-14-26)27-15-7-3-8-16-27/h2,4-7,9-10,13-22H,3,8,11-12,23-24H2,1H3. The smallest absolute Gasteiger partial charge is 0.0195 e. The average Bonchev–Trinajstić information content (AvgIpc) is 2.84. The van der Waals surface area contributed by atoms with Crippen LogP contribution in [0.2, 0.25) is 0 Å². The Kier molecular flexibility index (Phi) is 8.29.